The molecule has 0 amide bonds. The van der Waals surface area contributed by atoms with Crippen molar-refractivity contribution in [1.82, 2.24) is 5.32 Å². The van der Waals surface area contributed by atoms with E-state index in [0.717, 1.165) is 10.0 Å². The number of likely N-dealkylation sites (N-methyl/N-ethyl adjacent to an activating group) is 1. The molecular formula is C16H16BrClFN. The first-order valence-corrected chi connectivity index (χ1v) is 7.56. The lowest BCUT2D eigenvalue weighted by molar-refractivity contribution is 0.553. The first-order chi connectivity index (χ1) is 9.52. The Kier molecular flexibility index (Phi) is 5.19. The van der Waals surface area contributed by atoms with Crippen LogP contribution in [0, 0.1) is 12.7 Å². The molecule has 0 saturated heterocycles. The second-order valence-corrected chi connectivity index (χ2v) is 6.03. The summed E-state index contributed by atoms with van der Waals surface area (Å²) < 4.78 is 14.9. The number of rotatable bonds is 4. The number of benzene rings is 2. The van der Waals surface area contributed by atoms with Crippen LogP contribution in [0.5, 0.6) is 0 Å². The van der Waals surface area contributed by atoms with Crippen molar-refractivity contribution >= 4 is 27.5 Å². The fourth-order valence-electron chi connectivity index (χ4n) is 2.21. The van der Waals surface area contributed by atoms with Gasteiger partial charge in [0.15, 0.2) is 0 Å². The lowest BCUT2D eigenvalue weighted by Gasteiger charge is -2.19. The molecule has 0 aliphatic carbocycles. The Morgan fingerprint density at radius 3 is 2.65 bits per heavy atom. The molecule has 0 heterocycles. The molecule has 1 atom stereocenters. The molecule has 0 bridgehead atoms. The molecule has 1 N–H and O–H groups in total. The van der Waals surface area contributed by atoms with Gasteiger partial charge >= 0.3 is 0 Å². The van der Waals surface area contributed by atoms with Gasteiger partial charge in [-0.1, -0.05) is 45.7 Å². The number of aryl methyl sites for hydroxylation is 1. The summed E-state index contributed by atoms with van der Waals surface area (Å²) >= 11 is 9.68. The Balaban J connectivity index is 2.34. The molecule has 0 saturated carbocycles. The summed E-state index contributed by atoms with van der Waals surface area (Å²) in [5.74, 6) is -0.263. The van der Waals surface area contributed by atoms with Crippen molar-refractivity contribution < 1.29 is 4.39 Å². The highest BCUT2D eigenvalue weighted by molar-refractivity contribution is 9.10. The maximum absolute atomic E-state index is 13.9. The van der Waals surface area contributed by atoms with Crippen molar-refractivity contribution in [3.8, 4) is 0 Å². The van der Waals surface area contributed by atoms with Gasteiger partial charge in [-0.2, -0.15) is 0 Å². The number of nitrogens with one attached hydrogen (secondary N) is 1. The third kappa shape index (κ3) is 3.40. The summed E-state index contributed by atoms with van der Waals surface area (Å²) in [5, 5.41) is 3.69. The van der Waals surface area contributed by atoms with Crippen molar-refractivity contribution in [3.63, 3.8) is 0 Å². The van der Waals surface area contributed by atoms with Gasteiger partial charge in [0, 0.05) is 21.1 Å². The Morgan fingerprint density at radius 1 is 1.30 bits per heavy atom. The van der Waals surface area contributed by atoms with Crippen LogP contribution in [0.1, 0.15) is 22.7 Å². The maximum Gasteiger partial charge on any atom is 0.127 e. The highest BCUT2D eigenvalue weighted by Gasteiger charge is 2.17. The topological polar surface area (TPSA) is 12.0 Å². The van der Waals surface area contributed by atoms with E-state index >= 15 is 0 Å². The Hall–Kier alpha value is -0.900. The molecule has 2 aromatic carbocycles. The summed E-state index contributed by atoms with van der Waals surface area (Å²) in [5.41, 5.74) is 2.82. The minimum atomic E-state index is -0.263. The van der Waals surface area contributed by atoms with Gasteiger partial charge in [0.25, 0.3) is 0 Å². The van der Waals surface area contributed by atoms with Gasteiger partial charge in [-0.25, -0.2) is 4.39 Å². The zero-order chi connectivity index (χ0) is 14.7. The van der Waals surface area contributed by atoms with Gasteiger partial charge < -0.3 is 5.32 Å². The number of hydrogen-bond donors (Lipinski definition) is 1. The maximum atomic E-state index is 13.9. The zero-order valence-corrected chi connectivity index (χ0v) is 13.7. The smallest absolute Gasteiger partial charge is 0.127 e. The quantitative estimate of drug-likeness (QED) is 0.808. The zero-order valence-electron chi connectivity index (χ0n) is 11.4. The molecule has 20 heavy (non-hydrogen) atoms. The average molecular weight is 357 g/mol. The van der Waals surface area contributed by atoms with Crippen LogP contribution >= 0.6 is 27.5 Å². The fourth-order valence-corrected chi connectivity index (χ4v) is 3.22. The predicted molar refractivity (Wildman–Crippen MR) is 85.8 cm³/mol. The molecule has 4 heteroatoms. The Bertz CT molecular complexity index is 595. The van der Waals surface area contributed by atoms with E-state index in [2.05, 4.69) is 33.4 Å². The van der Waals surface area contributed by atoms with Gasteiger partial charge in [-0.05, 0) is 49.7 Å². The first-order valence-electron chi connectivity index (χ1n) is 6.39. The highest BCUT2D eigenvalue weighted by atomic mass is 79.9. The van der Waals surface area contributed by atoms with Gasteiger partial charge in [-0.3, -0.25) is 0 Å². The summed E-state index contributed by atoms with van der Waals surface area (Å²) in [4.78, 5) is 0. The molecule has 0 radical (unpaired) electrons. The van der Waals surface area contributed by atoms with E-state index in [9.17, 15) is 4.39 Å². The fraction of sp³-hybridized carbons (Fsp3) is 0.250. The monoisotopic (exact) mass is 355 g/mol. The van der Waals surface area contributed by atoms with Crippen molar-refractivity contribution in [3.05, 3.63) is 68.4 Å². The SMILES string of the molecule is CNC(Cc1c(F)cccc1Cl)c1ccc(C)cc1Br. The Morgan fingerprint density at radius 2 is 2.05 bits per heavy atom. The van der Waals surface area contributed by atoms with E-state index in [1.807, 2.05) is 20.0 Å². The highest BCUT2D eigenvalue weighted by Crippen LogP contribution is 2.30. The van der Waals surface area contributed by atoms with E-state index < -0.39 is 0 Å². The van der Waals surface area contributed by atoms with Crippen LogP contribution < -0.4 is 5.32 Å². The molecule has 0 aromatic heterocycles. The summed E-state index contributed by atoms with van der Waals surface area (Å²) in [6.45, 7) is 2.04. The number of halogens is 3. The molecule has 1 unspecified atom stereocenters. The van der Waals surface area contributed by atoms with Gasteiger partial charge in [-0.15, -0.1) is 0 Å². The normalized spacial score (nSPS) is 12.4. The third-order valence-electron chi connectivity index (χ3n) is 3.35. The van der Waals surface area contributed by atoms with Gasteiger partial charge in [0.2, 0.25) is 0 Å². The van der Waals surface area contributed by atoms with Crippen LogP contribution in [-0.2, 0) is 6.42 Å². The van der Waals surface area contributed by atoms with Crippen LogP contribution in [0.2, 0.25) is 5.02 Å². The third-order valence-corrected chi connectivity index (χ3v) is 4.39. The van der Waals surface area contributed by atoms with Crippen LogP contribution in [0.3, 0.4) is 0 Å². The van der Waals surface area contributed by atoms with E-state index in [1.165, 1.54) is 11.6 Å². The largest absolute Gasteiger partial charge is 0.313 e. The lowest BCUT2D eigenvalue weighted by Crippen LogP contribution is -2.20. The average Bonchev–Trinajstić information content (AvgIpc) is 2.40. The predicted octanol–water partition coefficient (Wildman–Crippen LogP) is 5.05. The Labute approximate surface area is 132 Å². The molecule has 106 valence electrons. The second-order valence-electron chi connectivity index (χ2n) is 4.77. The van der Waals surface area contributed by atoms with Crippen LogP contribution in [-0.4, -0.2) is 7.05 Å². The molecule has 0 fully saturated rings. The van der Waals surface area contributed by atoms with Crippen molar-refractivity contribution in [1.29, 1.82) is 0 Å². The van der Waals surface area contributed by atoms with Gasteiger partial charge in [0.05, 0.1) is 0 Å². The summed E-state index contributed by atoms with van der Waals surface area (Å²) in [7, 11) is 1.87. The minimum absolute atomic E-state index is 0.000579. The molecule has 2 aromatic rings. The first kappa shape index (κ1) is 15.5. The minimum Gasteiger partial charge on any atom is -0.313 e. The molecule has 0 spiro atoms. The van der Waals surface area contributed by atoms with Crippen LogP contribution in [0.15, 0.2) is 40.9 Å². The molecule has 0 aliphatic rings. The summed E-state index contributed by atoms with van der Waals surface area (Å²) in [6, 6.07) is 10.9. The van der Waals surface area contributed by atoms with Crippen molar-refractivity contribution in [2.24, 2.45) is 0 Å². The van der Waals surface area contributed by atoms with E-state index in [4.69, 9.17) is 11.6 Å². The number of hydrogen-bond acceptors (Lipinski definition) is 1. The molecule has 1 nitrogen and oxygen atoms in total. The van der Waals surface area contributed by atoms with E-state index in [0.29, 0.717) is 17.0 Å². The standard InChI is InChI=1S/C16H16BrClFN/c1-10-6-7-11(13(17)8-10)16(20-2)9-12-14(18)4-3-5-15(12)19/h3-8,16,20H,9H2,1-2H3. The van der Waals surface area contributed by atoms with Crippen LogP contribution in [0.25, 0.3) is 0 Å². The molecule has 0 aliphatic heterocycles. The van der Waals surface area contributed by atoms with Gasteiger partial charge in [0.1, 0.15) is 5.82 Å². The van der Waals surface area contributed by atoms with Crippen molar-refractivity contribution in [2.75, 3.05) is 7.05 Å². The second kappa shape index (κ2) is 6.70. The molecular weight excluding hydrogens is 341 g/mol. The lowest BCUT2D eigenvalue weighted by atomic mass is 9.98. The van der Waals surface area contributed by atoms with Crippen molar-refractivity contribution in [2.45, 2.75) is 19.4 Å². The summed E-state index contributed by atoms with van der Waals surface area (Å²) in [6.07, 6.45) is 0.504. The van der Waals surface area contributed by atoms with E-state index in [1.54, 1.807) is 12.1 Å². The molecule has 2 rings (SSSR count). The van der Waals surface area contributed by atoms with Crippen LogP contribution in [0.4, 0.5) is 4.39 Å². The van der Waals surface area contributed by atoms with E-state index in [-0.39, 0.29) is 11.9 Å².